The number of hydrogen-bond donors (Lipinski definition) is 2. The number of anilines is 2. The van der Waals surface area contributed by atoms with Gasteiger partial charge in [-0.3, -0.25) is 9.52 Å². The monoisotopic (exact) mass is 420 g/mol. The third-order valence-electron chi connectivity index (χ3n) is 4.41. The minimum Gasteiger partial charge on any atom is -0.497 e. The Kier molecular flexibility index (Phi) is 6.26. The Labute approximate surface area is 169 Å². The molecule has 148 valence electrons. The molecule has 6 nitrogen and oxygen atoms in total. The van der Waals surface area contributed by atoms with Crippen molar-refractivity contribution in [1.29, 1.82) is 0 Å². The zero-order chi connectivity index (χ0) is 20.1. The molecule has 0 saturated carbocycles. The SMILES string of the molecule is COc1ccc(NS(=O)(=O)c2cc(NC(=O)C[C@H]3C=CCC3)ccc2Cl)cc1. The second-order valence-electron chi connectivity index (χ2n) is 6.50. The van der Waals surface area contributed by atoms with Crippen LogP contribution in [0.1, 0.15) is 19.3 Å². The van der Waals surface area contributed by atoms with E-state index in [9.17, 15) is 13.2 Å². The van der Waals surface area contributed by atoms with E-state index in [1.807, 2.05) is 6.08 Å². The number of hydrogen-bond acceptors (Lipinski definition) is 4. The first-order valence-corrected chi connectivity index (χ1v) is 10.7. The van der Waals surface area contributed by atoms with Gasteiger partial charge in [-0.15, -0.1) is 0 Å². The van der Waals surface area contributed by atoms with E-state index in [2.05, 4.69) is 16.1 Å². The normalized spacial score (nSPS) is 16.0. The molecule has 0 spiro atoms. The van der Waals surface area contributed by atoms with Gasteiger partial charge in [-0.05, 0) is 61.2 Å². The summed E-state index contributed by atoms with van der Waals surface area (Å²) in [5, 5.41) is 2.81. The maximum absolute atomic E-state index is 12.7. The second-order valence-corrected chi connectivity index (χ2v) is 8.56. The van der Waals surface area contributed by atoms with Gasteiger partial charge in [-0.2, -0.15) is 0 Å². The molecule has 2 aromatic rings. The van der Waals surface area contributed by atoms with Crippen LogP contribution in [0, 0.1) is 5.92 Å². The summed E-state index contributed by atoms with van der Waals surface area (Å²) in [7, 11) is -2.40. The molecule has 0 radical (unpaired) electrons. The van der Waals surface area contributed by atoms with Crippen LogP contribution < -0.4 is 14.8 Å². The molecule has 1 aliphatic rings. The smallest absolute Gasteiger partial charge is 0.263 e. The molecule has 0 heterocycles. The van der Waals surface area contributed by atoms with E-state index in [1.54, 1.807) is 30.3 Å². The minimum atomic E-state index is -3.93. The van der Waals surface area contributed by atoms with Crippen molar-refractivity contribution < 1.29 is 17.9 Å². The molecule has 0 unspecified atom stereocenters. The topological polar surface area (TPSA) is 84.5 Å². The first kappa shape index (κ1) is 20.2. The van der Waals surface area contributed by atoms with Crippen molar-refractivity contribution in [3.05, 3.63) is 59.6 Å². The molecule has 1 aliphatic carbocycles. The summed E-state index contributed by atoms with van der Waals surface area (Å²) in [5.41, 5.74) is 0.755. The Morgan fingerprint density at radius 2 is 1.89 bits per heavy atom. The molecule has 1 atom stereocenters. The number of carbonyl (C=O) groups excluding carboxylic acids is 1. The van der Waals surface area contributed by atoms with Gasteiger partial charge >= 0.3 is 0 Å². The van der Waals surface area contributed by atoms with Gasteiger partial charge in [0.25, 0.3) is 10.0 Å². The van der Waals surface area contributed by atoms with E-state index in [0.717, 1.165) is 12.8 Å². The summed E-state index contributed by atoms with van der Waals surface area (Å²) in [4.78, 5) is 12.1. The number of nitrogens with one attached hydrogen (secondary N) is 2. The molecule has 3 rings (SSSR count). The van der Waals surface area contributed by atoms with Crippen molar-refractivity contribution in [2.45, 2.75) is 24.2 Å². The van der Waals surface area contributed by atoms with Crippen molar-refractivity contribution in [3.8, 4) is 5.75 Å². The van der Waals surface area contributed by atoms with Crippen LogP contribution in [0.15, 0.2) is 59.5 Å². The van der Waals surface area contributed by atoms with Crippen LogP contribution in [0.5, 0.6) is 5.75 Å². The number of allylic oxidation sites excluding steroid dienone is 2. The number of sulfonamides is 1. The highest BCUT2D eigenvalue weighted by atomic mass is 35.5. The number of carbonyl (C=O) groups is 1. The van der Waals surface area contributed by atoms with E-state index >= 15 is 0 Å². The Morgan fingerprint density at radius 1 is 1.18 bits per heavy atom. The lowest BCUT2D eigenvalue weighted by Crippen LogP contribution is -2.17. The van der Waals surface area contributed by atoms with Gasteiger partial charge in [0.15, 0.2) is 0 Å². The first-order valence-electron chi connectivity index (χ1n) is 8.80. The Morgan fingerprint density at radius 3 is 2.54 bits per heavy atom. The quantitative estimate of drug-likeness (QED) is 0.648. The van der Waals surface area contributed by atoms with Gasteiger partial charge in [-0.1, -0.05) is 23.8 Å². The molecule has 0 aliphatic heterocycles. The number of methoxy groups -OCH3 is 1. The molecule has 0 bridgehead atoms. The maximum atomic E-state index is 12.7. The van der Waals surface area contributed by atoms with Crippen LogP contribution in [0.2, 0.25) is 5.02 Å². The summed E-state index contributed by atoms with van der Waals surface area (Å²) >= 11 is 6.11. The maximum Gasteiger partial charge on any atom is 0.263 e. The number of benzene rings is 2. The highest BCUT2D eigenvalue weighted by Crippen LogP contribution is 2.28. The van der Waals surface area contributed by atoms with Gasteiger partial charge in [0.1, 0.15) is 10.6 Å². The lowest BCUT2D eigenvalue weighted by atomic mass is 10.1. The summed E-state index contributed by atoms with van der Waals surface area (Å²) in [5.74, 6) is 0.681. The van der Waals surface area contributed by atoms with Gasteiger partial charge in [0.05, 0.1) is 12.1 Å². The zero-order valence-electron chi connectivity index (χ0n) is 15.3. The van der Waals surface area contributed by atoms with Crippen molar-refractivity contribution in [2.75, 3.05) is 17.1 Å². The van der Waals surface area contributed by atoms with E-state index in [-0.39, 0.29) is 21.7 Å². The molecule has 2 aromatic carbocycles. The third kappa shape index (κ3) is 5.05. The second kappa shape index (κ2) is 8.67. The first-order chi connectivity index (χ1) is 13.4. The van der Waals surface area contributed by atoms with E-state index in [1.165, 1.54) is 19.2 Å². The Bertz CT molecular complexity index is 988. The van der Waals surface area contributed by atoms with Crippen molar-refractivity contribution >= 4 is 38.9 Å². The summed E-state index contributed by atoms with van der Waals surface area (Å²) < 4.78 is 33.0. The standard InChI is InChI=1S/C20H21ClN2O4S/c1-27-17-9-6-15(7-10-17)23-28(25,26)19-13-16(8-11-18(19)21)22-20(24)12-14-4-2-3-5-14/h2,4,6-11,13-14,23H,3,5,12H2,1H3,(H,22,24)/t14-/m0/s1. The summed E-state index contributed by atoms with van der Waals surface area (Å²) in [6, 6.07) is 10.9. The average molecular weight is 421 g/mol. The minimum absolute atomic E-state index is 0.0673. The lowest BCUT2D eigenvalue weighted by Gasteiger charge is -2.13. The fraction of sp³-hybridized carbons (Fsp3) is 0.250. The van der Waals surface area contributed by atoms with Gasteiger partial charge < -0.3 is 10.1 Å². The Balaban J connectivity index is 1.75. The van der Waals surface area contributed by atoms with Crippen LogP contribution >= 0.6 is 11.6 Å². The molecular weight excluding hydrogens is 400 g/mol. The van der Waals surface area contributed by atoms with E-state index in [4.69, 9.17) is 16.3 Å². The summed E-state index contributed by atoms with van der Waals surface area (Å²) in [6.07, 6.45) is 6.41. The number of halogens is 1. The predicted molar refractivity (Wildman–Crippen MR) is 110 cm³/mol. The molecule has 1 amide bonds. The molecule has 0 fully saturated rings. The number of rotatable bonds is 7. The van der Waals surface area contributed by atoms with Crippen LogP contribution in [-0.2, 0) is 14.8 Å². The Hall–Kier alpha value is -2.51. The average Bonchev–Trinajstić information content (AvgIpc) is 3.16. The molecule has 8 heteroatoms. The van der Waals surface area contributed by atoms with Crippen LogP contribution in [0.25, 0.3) is 0 Å². The summed E-state index contributed by atoms with van der Waals surface area (Å²) in [6.45, 7) is 0. The van der Waals surface area contributed by atoms with E-state index < -0.39 is 10.0 Å². The predicted octanol–water partition coefficient (Wildman–Crippen LogP) is 4.44. The molecular formula is C20H21ClN2O4S. The highest BCUT2D eigenvalue weighted by molar-refractivity contribution is 7.92. The van der Waals surface area contributed by atoms with Crippen LogP contribution in [0.3, 0.4) is 0 Å². The van der Waals surface area contributed by atoms with Crippen LogP contribution in [-0.4, -0.2) is 21.4 Å². The fourth-order valence-electron chi connectivity index (χ4n) is 2.97. The van der Waals surface area contributed by atoms with Gasteiger partial charge in [-0.25, -0.2) is 8.42 Å². The number of ether oxygens (including phenoxy) is 1. The molecule has 0 saturated heterocycles. The lowest BCUT2D eigenvalue weighted by molar-refractivity contribution is -0.116. The van der Waals surface area contributed by atoms with Gasteiger partial charge in [0, 0.05) is 17.8 Å². The van der Waals surface area contributed by atoms with Crippen molar-refractivity contribution in [2.24, 2.45) is 5.92 Å². The molecule has 0 aromatic heterocycles. The highest BCUT2D eigenvalue weighted by Gasteiger charge is 2.20. The number of amides is 1. The fourth-order valence-corrected chi connectivity index (χ4v) is 4.56. The molecule has 2 N–H and O–H groups in total. The van der Waals surface area contributed by atoms with Gasteiger partial charge in [0.2, 0.25) is 5.91 Å². The van der Waals surface area contributed by atoms with Crippen molar-refractivity contribution in [1.82, 2.24) is 0 Å². The molecule has 28 heavy (non-hydrogen) atoms. The largest absolute Gasteiger partial charge is 0.497 e. The zero-order valence-corrected chi connectivity index (χ0v) is 16.9. The van der Waals surface area contributed by atoms with E-state index in [0.29, 0.717) is 23.5 Å². The van der Waals surface area contributed by atoms with Crippen molar-refractivity contribution in [3.63, 3.8) is 0 Å². The van der Waals surface area contributed by atoms with Crippen LogP contribution in [0.4, 0.5) is 11.4 Å². The third-order valence-corrected chi connectivity index (χ3v) is 6.27.